The number of Topliss-reactive ketones (excluding diaryl/α,β-unsaturated/α-hetero) is 1. The molecule has 6 heteroatoms. The molecule has 0 saturated carbocycles. The molecule has 0 saturated heterocycles. The van der Waals surface area contributed by atoms with Gasteiger partial charge in [-0.3, -0.25) is 9.59 Å². The van der Waals surface area contributed by atoms with Crippen molar-refractivity contribution in [1.82, 2.24) is 0 Å². The molecule has 118 valence electrons. The summed E-state index contributed by atoms with van der Waals surface area (Å²) in [7, 11) is 0. The number of nitrogens with one attached hydrogen (secondary N) is 1. The van der Waals surface area contributed by atoms with Crippen LogP contribution in [0.5, 0.6) is 5.75 Å². The van der Waals surface area contributed by atoms with E-state index in [0.717, 1.165) is 5.56 Å². The number of ether oxygens (including phenoxy) is 1. The number of ketones is 1. The standard InChI is InChI=1S/C17H13BrFNO3/c18-10-4-6-14(13(19)8-10)20-17(22)9-23-16-3-1-2-11-12(16)5-7-15(11)21/h1-4,6,8H,5,7,9H2,(H,20,22). The number of amides is 1. The van der Waals surface area contributed by atoms with Crippen molar-refractivity contribution in [2.24, 2.45) is 0 Å². The Labute approximate surface area is 140 Å². The van der Waals surface area contributed by atoms with E-state index < -0.39 is 11.7 Å². The van der Waals surface area contributed by atoms with Gasteiger partial charge in [0.1, 0.15) is 11.6 Å². The summed E-state index contributed by atoms with van der Waals surface area (Å²) in [6.07, 6.45) is 1.08. The molecule has 0 radical (unpaired) electrons. The molecule has 0 bridgehead atoms. The Morgan fingerprint density at radius 2 is 2.09 bits per heavy atom. The fraction of sp³-hybridized carbons (Fsp3) is 0.176. The minimum absolute atomic E-state index is 0.0897. The van der Waals surface area contributed by atoms with Gasteiger partial charge < -0.3 is 10.1 Å². The van der Waals surface area contributed by atoms with Crippen molar-refractivity contribution in [3.05, 3.63) is 57.8 Å². The van der Waals surface area contributed by atoms with Crippen molar-refractivity contribution in [1.29, 1.82) is 0 Å². The summed E-state index contributed by atoms with van der Waals surface area (Å²) in [6.45, 7) is -0.250. The van der Waals surface area contributed by atoms with Gasteiger partial charge in [0.15, 0.2) is 12.4 Å². The number of fused-ring (bicyclic) bond motifs is 1. The molecule has 0 spiro atoms. The fourth-order valence-corrected chi connectivity index (χ4v) is 2.85. The predicted octanol–water partition coefficient (Wildman–Crippen LogP) is 3.73. The van der Waals surface area contributed by atoms with Crippen LogP contribution in [0.15, 0.2) is 40.9 Å². The number of anilines is 1. The van der Waals surface area contributed by atoms with Crippen LogP contribution >= 0.6 is 15.9 Å². The van der Waals surface area contributed by atoms with Crippen LogP contribution in [-0.4, -0.2) is 18.3 Å². The second-order valence-corrected chi connectivity index (χ2v) is 6.08. The zero-order valence-corrected chi connectivity index (χ0v) is 13.7. The van der Waals surface area contributed by atoms with Gasteiger partial charge in [0.25, 0.3) is 5.91 Å². The molecule has 0 heterocycles. The number of carbonyl (C=O) groups is 2. The third-order valence-electron chi connectivity index (χ3n) is 3.60. The fourth-order valence-electron chi connectivity index (χ4n) is 2.51. The van der Waals surface area contributed by atoms with E-state index in [9.17, 15) is 14.0 Å². The summed E-state index contributed by atoms with van der Waals surface area (Å²) in [5.74, 6) is -0.376. The number of hydrogen-bond donors (Lipinski definition) is 1. The largest absolute Gasteiger partial charge is 0.483 e. The molecular formula is C17H13BrFNO3. The molecule has 1 N–H and O–H groups in total. The lowest BCUT2D eigenvalue weighted by Gasteiger charge is -2.11. The Bertz CT molecular complexity index is 791. The van der Waals surface area contributed by atoms with Gasteiger partial charge in [-0.25, -0.2) is 4.39 Å². The summed E-state index contributed by atoms with van der Waals surface area (Å²) < 4.78 is 19.8. The first-order valence-electron chi connectivity index (χ1n) is 7.07. The lowest BCUT2D eigenvalue weighted by Crippen LogP contribution is -2.21. The smallest absolute Gasteiger partial charge is 0.262 e. The van der Waals surface area contributed by atoms with Crippen molar-refractivity contribution in [3.63, 3.8) is 0 Å². The SMILES string of the molecule is O=C(COc1cccc2c1CCC2=O)Nc1ccc(Br)cc1F. The molecule has 0 unspecified atom stereocenters. The van der Waals surface area contributed by atoms with Gasteiger partial charge in [-0.05, 0) is 30.7 Å². The molecule has 2 aromatic rings. The van der Waals surface area contributed by atoms with Crippen LogP contribution in [0.2, 0.25) is 0 Å². The average molecular weight is 378 g/mol. The van der Waals surface area contributed by atoms with Crippen LogP contribution in [0.25, 0.3) is 0 Å². The van der Waals surface area contributed by atoms with Crippen LogP contribution in [0.1, 0.15) is 22.3 Å². The van der Waals surface area contributed by atoms with Crippen molar-refractivity contribution in [3.8, 4) is 5.75 Å². The van der Waals surface area contributed by atoms with Crippen LogP contribution in [-0.2, 0) is 11.2 Å². The third kappa shape index (κ3) is 3.42. The Kier molecular flexibility index (Phi) is 4.43. The van der Waals surface area contributed by atoms with Gasteiger partial charge in [0, 0.05) is 22.0 Å². The summed E-state index contributed by atoms with van der Waals surface area (Å²) in [5, 5.41) is 2.46. The average Bonchev–Trinajstić information content (AvgIpc) is 2.90. The highest BCUT2D eigenvalue weighted by Crippen LogP contribution is 2.30. The minimum Gasteiger partial charge on any atom is -0.483 e. The summed E-state index contributed by atoms with van der Waals surface area (Å²) in [6, 6.07) is 9.58. The molecule has 1 amide bonds. The number of halogens is 2. The number of benzene rings is 2. The first-order valence-corrected chi connectivity index (χ1v) is 7.86. The van der Waals surface area contributed by atoms with Crippen molar-refractivity contribution >= 4 is 33.3 Å². The molecule has 1 aliphatic rings. The minimum atomic E-state index is -0.529. The van der Waals surface area contributed by atoms with Crippen molar-refractivity contribution < 1.29 is 18.7 Å². The zero-order chi connectivity index (χ0) is 16.4. The highest BCUT2D eigenvalue weighted by atomic mass is 79.9. The second kappa shape index (κ2) is 6.50. The molecule has 0 atom stereocenters. The lowest BCUT2D eigenvalue weighted by atomic mass is 10.1. The van der Waals surface area contributed by atoms with Crippen molar-refractivity contribution in [2.45, 2.75) is 12.8 Å². The highest BCUT2D eigenvalue weighted by Gasteiger charge is 2.22. The van der Waals surface area contributed by atoms with E-state index in [4.69, 9.17) is 4.74 Å². The molecule has 0 aliphatic heterocycles. The van der Waals surface area contributed by atoms with Crippen LogP contribution in [0.4, 0.5) is 10.1 Å². The molecule has 1 aliphatic carbocycles. The Hall–Kier alpha value is -2.21. The highest BCUT2D eigenvalue weighted by molar-refractivity contribution is 9.10. The summed E-state index contributed by atoms with van der Waals surface area (Å²) in [4.78, 5) is 23.6. The number of hydrogen-bond acceptors (Lipinski definition) is 3. The Morgan fingerprint density at radius 1 is 1.26 bits per heavy atom. The predicted molar refractivity (Wildman–Crippen MR) is 87.3 cm³/mol. The van der Waals surface area contributed by atoms with Crippen LogP contribution < -0.4 is 10.1 Å². The number of rotatable bonds is 4. The molecule has 23 heavy (non-hydrogen) atoms. The van der Waals surface area contributed by atoms with Gasteiger partial charge in [-0.1, -0.05) is 28.1 Å². The monoisotopic (exact) mass is 377 g/mol. The molecule has 0 fully saturated rings. The Morgan fingerprint density at radius 3 is 2.87 bits per heavy atom. The first-order chi connectivity index (χ1) is 11.0. The normalized spacial score (nSPS) is 12.9. The quantitative estimate of drug-likeness (QED) is 0.882. The van der Waals surface area contributed by atoms with E-state index in [0.29, 0.717) is 28.6 Å². The maximum Gasteiger partial charge on any atom is 0.262 e. The molecular weight excluding hydrogens is 365 g/mol. The van der Waals surface area contributed by atoms with Gasteiger partial charge >= 0.3 is 0 Å². The summed E-state index contributed by atoms with van der Waals surface area (Å²) in [5.41, 5.74) is 1.58. The van der Waals surface area contributed by atoms with Gasteiger partial charge in [-0.15, -0.1) is 0 Å². The van der Waals surface area contributed by atoms with Gasteiger partial charge in [0.2, 0.25) is 0 Å². The van der Waals surface area contributed by atoms with Crippen LogP contribution in [0, 0.1) is 5.82 Å². The Balaban J connectivity index is 1.65. The van der Waals surface area contributed by atoms with E-state index in [1.54, 1.807) is 24.3 Å². The van der Waals surface area contributed by atoms with Crippen molar-refractivity contribution in [2.75, 3.05) is 11.9 Å². The third-order valence-corrected chi connectivity index (χ3v) is 4.09. The number of carbonyl (C=O) groups excluding carboxylic acids is 2. The van der Waals surface area contributed by atoms with Crippen LogP contribution in [0.3, 0.4) is 0 Å². The summed E-state index contributed by atoms with van der Waals surface area (Å²) >= 11 is 3.15. The van der Waals surface area contributed by atoms with E-state index in [1.165, 1.54) is 12.1 Å². The van der Waals surface area contributed by atoms with E-state index in [-0.39, 0.29) is 18.1 Å². The maximum absolute atomic E-state index is 13.7. The van der Waals surface area contributed by atoms with Gasteiger partial charge in [-0.2, -0.15) is 0 Å². The maximum atomic E-state index is 13.7. The van der Waals surface area contributed by atoms with E-state index in [2.05, 4.69) is 21.2 Å². The molecule has 2 aromatic carbocycles. The lowest BCUT2D eigenvalue weighted by molar-refractivity contribution is -0.118. The first kappa shape index (κ1) is 15.7. The molecule has 4 nitrogen and oxygen atoms in total. The van der Waals surface area contributed by atoms with E-state index in [1.807, 2.05) is 0 Å². The van der Waals surface area contributed by atoms with E-state index >= 15 is 0 Å². The topological polar surface area (TPSA) is 55.4 Å². The molecule has 0 aromatic heterocycles. The second-order valence-electron chi connectivity index (χ2n) is 5.17. The van der Waals surface area contributed by atoms with Gasteiger partial charge in [0.05, 0.1) is 5.69 Å². The molecule has 3 rings (SSSR count). The zero-order valence-electron chi connectivity index (χ0n) is 12.1.